The lowest BCUT2D eigenvalue weighted by Gasteiger charge is -2.37. The van der Waals surface area contributed by atoms with E-state index in [1.807, 2.05) is 4.90 Å². The molecule has 0 aliphatic carbocycles. The van der Waals surface area contributed by atoms with Crippen LogP contribution in [0.5, 0.6) is 0 Å². The second kappa shape index (κ2) is 6.96. The van der Waals surface area contributed by atoms with Gasteiger partial charge in [0.15, 0.2) is 0 Å². The van der Waals surface area contributed by atoms with Crippen molar-refractivity contribution in [1.29, 1.82) is 0 Å². The van der Waals surface area contributed by atoms with Crippen LogP contribution in [0.3, 0.4) is 0 Å². The van der Waals surface area contributed by atoms with Crippen LogP contribution in [0.15, 0.2) is 42.6 Å². The molecule has 0 radical (unpaired) electrons. The monoisotopic (exact) mass is 375 g/mol. The minimum Gasteiger partial charge on any atom is -0.336 e. The number of amides is 1. The highest BCUT2D eigenvalue weighted by Gasteiger charge is 2.35. The van der Waals surface area contributed by atoms with E-state index >= 15 is 0 Å². The van der Waals surface area contributed by atoms with E-state index in [0.29, 0.717) is 23.7 Å². The number of hydrogen-bond acceptors (Lipinski definition) is 3. The first-order valence-corrected chi connectivity index (χ1v) is 9.09. The van der Waals surface area contributed by atoms with Crippen molar-refractivity contribution in [2.45, 2.75) is 25.1 Å². The Kier molecular flexibility index (Phi) is 4.63. The van der Waals surface area contributed by atoms with E-state index < -0.39 is 11.7 Å². The number of fused-ring (bicyclic) bond motifs is 1. The maximum absolute atomic E-state index is 13.2. The lowest BCUT2D eigenvalue weighted by atomic mass is 10.0. The summed E-state index contributed by atoms with van der Waals surface area (Å²) in [6.07, 6.45) is -0.848. The van der Waals surface area contributed by atoms with Gasteiger partial charge in [0.2, 0.25) is 0 Å². The van der Waals surface area contributed by atoms with Crippen molar-refractivity contribution >= 4 is 5.91 Å². The first-order valence-electron chi connectivity index (χ1n) is 9.09. The lowest BCUT2D eigenvalue weighted by Crippen LogP contribution is -2.52. The lowest BCUT2D eigenvalue weighted by molar-refractivity contribution is -0.137. The third-order valence-corrected chi connectivity index (χ3v) is 5.39. The largest absolute Gasteiger partial charge is 0.418 e. The zero-order valence-electron chi connectivity index (χ0n) is 14.7. The number of aromatic nitrogens is 1. The van der Waals surface area contributed by atoms with E-state index in [1.54, 1.807) is 12.1 Å². The van der Waals surface area contributed by atoms with Gasteiger partial charge in [0.05, 0.1) is 11.3 Å². The van der Waals surface area contributed by atoms with Crippen molar-refractivity contribution in [2.75, 3.05) is 26.2 Å². The number of hydrogen-bond donors (Lipinski definition) is 0. The first-order chi connectivity index (χ1) is 12.9. The first kappa shape index (κ1) is 18.0. The van der Waals surface area contributed by atoms with Crippen LogP contribution < -0.4 is 0 Å². The number of alkyl halides is 3. The van der Waals surface area contributed by atoms with Crippen molar-refractivity contribution < 1.29 is 18.0 Å². The van der Waals surface area contributed by atoms with Crippen LogP contribution in [0, 0.1) is 0 Å². The highest BCUT2D eigenvalue weighted by molar-refractivity contribution is 5.94. The fourth-order valence-corrected chi connectivity index (χ4v) is 3.99. The molecule has 2 saturated heterocycles. The van der Waals surface area contributed by atoms with Gasteiger partial charge in [-0.25, -0.2) is 0 Å². The van der Waals surface area contributed by atoms with Gasteiger partial charge in [-0.15, -0.1) is 0 Å². The van der Waals surface area contributed by atoms with E-state index in [2.05, 4.69) is 9.88 Å². The van der Waals surface area contributed by atoms with E-state index in [4.69, 9.17) is 0 Å². The molecular formula is C20H20F3N3O. The van der Waals surface area contributed by atoms with Gasteiger partial charge in [-0.1, -0.05) is 12.1 Å². The summed E-state index contributed by atoms with van der Waals surface area (Å²) in [5.74, 6) is -0.0647. The molecule has 1 amide bonds. The Balaban J connectivity index is 1.54. The van der Waals surface area contributed by atoms with Gasteiger partial charge in [0.25, 0.3) is 5.91 Å². The fraction of sp³-hybridized carbons (Fsp3) is 0.400. The van der Waals surface area contributed by atoms with Gasteiger partial charge >= 0.3 is 6.18 Å². The Morgan fingerprint density at radius 3 is 2.59 bits per heavy atom. The van der Waals surface area contributed by atoms with Gasteiger partial charge in [-0.2, -0.15) is 13.2 Å². The zero-order chi connectivity index (χ0) is 19.0. The van der Waals surface area contributed by atoms with Gasteiger partial charge in [0.1, 0.15) is 0 Å². The SMILES string of the molecule is O=C(c1ccc(-c2ncccc2C(F)(F)F)cc1)N1CCN2CCC[C@@H]2C1. The van der Waals surface area contributed by atoms with E-state index in [0.717, 1.165) is 32.1 Å². The molecule has 3 heterocycles. The minimum absolute atomic E-state index is 0.0647. The number of benzene rings is 1. The van der Waals surface area contributed by atoms with E-state index in [1.165, 1.54) is 30.8 Å². The quantitative estimate of drug-likeness (QED) is 0.803. The maximum atomic E-state index is 13.2. The van der Waals surface area contributed by atoms with Crippen molar-refractivity contribution in [3.63, 3.8) is 0 Å². The minimum atomic E-state index is -4.47. The molecule has 142 valence electrons. The molecule has 4 nitrogen and oxygen atoms in total. The van der Waals surface area contributed by atoms with Crippen molar-refractivity contribution in [3.05, 3.63) is 53.7 Å². The molecule has 1 atom stereocenters. The Hall–Kier alpha value is -2.41. The summed E-state index contributed by atoms with van der Waals surface area (Å²) in [5.41, 5.74) is -0.0558. The third kappa shape index (κ3) is 3.56. The molecular weight excluding hydrogens is 355 g/mol. The van der Waals surface area contributed by atoms with E-state index in [-0.39, 0.29) is 11.6 Å². The fourth-order valence-electron chi connectivity index (χ4n) is 3.99. The standard InChI is InChI=1S/C20H20F3N3O/c21-20(22,23)17-4-1-9-24-18(17)14-5-7-15(8-6-14)19(27)26-12-11-25-10-2-3-16(25)13-26/h1,4-9,16H,2-3,10-13H2/t16-/m1/s1. The normalized spacial score (nSPS) is 20.6. The van der Waals surface area contributed by atoms with Crippen LogP contribution in [0.4, 0.5) is 13.2 Å². The van der Waals surface area contributed by atoms with Crippen LogP contribution in [-0.2, 0) is 6.18 Å². The van der Waals surface area contributed by atoms with Gasteiger partial charge in [-0.05, 0) is 43.7 Å². The Morgan fingerprint density at radius 1 is 1.07 bits per heavy atom. The molecule has 0 bridgehead atoms. The van der Waals surface area contributed by atoms with E-state index in [9.17, 15) is 18.0 Å². The highest BCUT2D eigenvalue weighted by Crippen LogP contribution is 2.35. The summed E-state index contributed by atoms with van der Waals surface area (Å²) in [6, 6.07) is 8.98. The second-order valence-electron chi connectivity index (χ2n) is 7.06. The molecule has 7 heteroatoms. The number of piperazine rings is 1. The molecule has 27 heavy (non-hydrogen) atoms. The average molecular weight is 375 g/mol. The number of rotatable bonds is 2. The Labute approximate surface area is 155 Å². The molecule has 0 saturated carbocycles. The Bertz CT molecular complexity index is 835. The highest BCUT2D eigenvalue weighted by atomic mass is 19.4. The average Bonchev–Trinajstić information content (AvgIpc) is 3.15. The summed E-state index contributed by atoms with van der Waals surface area (Å²) in [6.45, 7) is 3.40. The molecule has 1 aromatic carbocycles. The number of halogens is 3. The summed E-state index contributed by atoms with van der Waals surface area (Å²) in [5, 5.41) is 0. The van der Waals surface area contributed by atoms with Crippen LogP contribution >= 0.6 is 0 Å². The summed E-state index contributed by atoms with van der Waals surface area (Å²) >= 11 is 0. The number of carbonyl (C=O) groups excluding carboxylic acids is 1. The predicted octanol–water partition coefficient (Wildman–Crippen LogP) is 3.69. The van der Waals surface area contributed by atoms with Crippen molar-refractivity contribution in [2.24, 2.45) is 0 Å². The van der Waals surface area contributed by atoms with Gasteiger partial charge < -0.3 is 4.90 Å². The molecule has 2 aromatic rings. The zero-order valence-corrected chi connectivity index (χ0v) is 14.7. The Morgan fingerprint density at radius 2 is 1.85 bits per heavy atom. The predicted molar refractivity (Wildman–Crippen MR) is 95.2 cm³/mol. The molecule has 2 fully saturated rings. The number of pyridine rings is 1. The molecule has 0 N–H and O–H groups in total. The number of nitrogens with zero attached hydrogens (tertiary/aromatic N) is 3. The third-order valence-electron chi connectivity index (χ3n) is 5.39. The van der Waals surface area contributed by atoms with Crippen LogP contribution in [-0.4, -0.2) is 52.9 Å². The van der Waals surface area contributed by atoms with Gasteiger partial charge in [0, 0.05) is 43.0 Å². The number of carbonyl (C=O) groups is 1. The summed E-state index contributed by atoms with van der Waals surface area (Å²) in [7, 11) is 0. The topological polar surface area (TPSA) is 36.4 Å². The van der Waals surface area contributed by atoms with Crippen LogP contribution in [0.25, 0.3) is 11.3 Å². The molecule has 4 rings (SSSR count). The molecule has 0 spiro atoms. The van der Waals surface area contributed by atoms with Crippen LogP contribution in [0.2, 0.25) is 0 Å². The summed E-state index contributed by atoms with van der Waals surface area (Å²) in [4.78, 5) is 20.9. The van der Waals surface area contributed by atoms with Crippen LogP contribution in [0.1, 0.15) is 28.8 Å². The molecule has 2 aliphatic heterocycles. The molecule has 1 aromatic heterocycles. The second-order valence-corrected chi connectivity index (χ2v) is 7.06. The molecule has 0 unspecified atom stereocenters. The van der Waals surface area contributed by atoms with Crippen molar-refractivity contribution in [3.8, 4) is 11.3 Å². The molecule has 2 aliphatic rings. The summed E-state index contributed by atoms with van der Waals surface area (Å²) < 4.78 is 39.6. The smallest absolute Gasteiger partial charge is 0.336 e. The van der Waals surface area contributed by atoms with Gasteiger partial charge in [-0.3, -0.25) is 14.7 Å². The maximum Gasteiger partial charge on any atom is 0.418 e. The van der Waals surface area contributed by atoms with Crippen molar-refractivity contribution in [1.82, 2.24) is 14.8 Å².